The summed E-state index contributed by atoms with van der Waals surface area (Å²) in [5.41, 5.74) is -0.469. The van der Waals surface area contributed by atoms with Gasteiger partial charge in [-0.25, -0.2) is 4.79 Å². The van der Waals surface area contributed by atoms with E-state index >= 15 is 0 Å². The minimum Gasteiger partial charge on any atom is -0.444 e. The molecule has 0 aromatic carbocycles. The van der Waals surface area contributed by atoms with Crippen molar-refractivity contribution in [2.75, 3.05) is 0 Å². The molecule has 21 heavy (non-hydrogen) atoms. The first-order valence-corrected chi connectivity index (χ1v) is 10.6. The molecule has 1 aliphatic carbocycles. The zero-order chi connectivity index (χ0) is 16.5. The maximum atomic E-state index is 11.8. The average Bonchev–Trinajstić information content (AvgIpc) is 2.59. The van der Waals surface area contributed by atoms with Crippen molar-refractivity contribution in [3.05, 3.63) is 12.2 Å². The molecule has 0 fully saturated rings. The Hall–Kier alpha value is -0.813. The van der Waals surface area contributed by atoms with Crippen molar-refractivity contribution in [1.82, 2.24) is 5.32 Å². The molecule has 1 amide bonds. The van der Waals surface area contributed by atoms with E-state index in [1.54, 1.807) is 0 Å². The summed E-state index contributed by atoms with van der Waals surface area (Å²) in [5, 5.41) is 3.07. The number of ether oxygens (including phenoxy) is 1. The zero-order valence-corrected chi connectivity index (χ0v) is 15.7. The smallest absolute Gasteiger partial charge is 0.408 e. The fourth-order valence-electron chi connectivity index (χ4n) is 1.87. The lowest BCUT2D eigenvalue weighted by Crippen LogP contribution is -2.44. The molecule has 1 rings (SSSR count). The van der Waals surface area contributed by atoms with Gasteiger partial charge in [-0.2, -0.15) is 0 Å². The third-order valence-electron chi connectivity index (χ3n) is 4.00. The quantitative estimate of drug-likeness (QED) is 0.626. The Morgan fingerprint density at radius 3 is 2.19 bits per heavy atom. The van der Waals surface area contributed by atoms with Crippen LogP contribution in [0.3, 0.4) is 0 Å². The molecule has 0 saturated carbocycles. The molecule has 0 aliphatic heterocycles. The lowest BCUT2D eigenvalue weighted by molar-refractivity contribution is 0.0509. The van der Waals surface area contributed by atoms with Crippen LogP contribution in [0.4, 0.5) is 4.79 Å². The summed E-state index contributed by atoms with van der Waals surface area (Å²) >= 11 is 0. The number of alkyl carbamates (subject to hydrolysis) is 1. The first kappa shape index (κ1) is 18.2. The molecule has 0 unspecified atom stereocenters. The number of nitrogens with one attached hydrogen (secondary N) is 1. The van der Waals surface area contributed by atoms with Crippen LogP contribution in [-0.2, 0) is 9.16 Å². The lowest BCUT2D eigenvalue weighted by Gasteiger charge is -2.38. The Kier molecular flexibility index (Phi) is 5.32. The Morgan fingerprint density at radius 2 is 1.71 bits per heavy atom. The molecule has 5 heteroatoms. The zero-order valence-electron chi connectivity index (χ0n) is 14.7. The minimum absolute atomic E-state index is 0.00498. The predicted octanol–water partition coefficient (Wildman–Crippen LogP) is 4.23. The third kappa shape index (κ3) is 5.83. The SMILES string of the molecule is CC(C)(C)OC(=O)N[C@H]1C=C[C@@H](O[Si](C)(C)C(C)(C)C)C1. The molecule has 0 heterocycles. The van der Waals surface area contributed by atoms with Crippen LogP contribution in [0.15, 0.2) is 12.2 Å². The van der Waals surface area contributed by atoms with Gasteiger partial charge >= 0.3 is 6.09 Å². The molecule has 0 bridgehead atoms. The van der Waals surface area contributed by atoms with Crippen LogP contribution in [0.5, 0.6) is 0 Å². The van der Waals surface area contributed by atoms with Crippen LogP contribution >= 0.6 is 0 Å². The van der Waals surface area contributed by atoms with Gasteiger partial charge in [-0.1, -0.05) is 32.9 Å². The van der Waals surface area contributed by atoms with E-state index in [0.717, 1.165) is 6.42 Å². The van der Waals surface area contributed by atoms with Crippen LogP contribution in [0, 0.1) is 0 Å². The highest BCUT2D eigenvalue weighted by atomic mass is 28.4. The largest absolute Gasteiger partial charge is 0.444 e. The molecular formula is C16H31NO3Si. The highest BCUT2D eigenvalue weighted by Crippen LogP contribution is 2.38. The van der Waals surface area contributed by atoms with Crippen molar-refractivity contribution in [2.45, 2.75) is 83.8 Å². The van der Waals surface area contributed by atoms with Crippen LogP contribution < -0.4 is 5.32 Å². The van der Waals surface area contributed by atoms with E-state index in [1.807, 2.05) is 26.8 Å². The van der Waals surface area contributed by atoms with Crippen molar-refractivity contribution in [3.63, 3.8) is 0 Å². The molecule has 2 atom stereocenters. The van der Waals surface area contributed by atoms with Crippen LogP contribution in [0.2, 0.25) is 18.1 Å². The van der Waals surface area contributed by atoms with Gasteiger partial charge in [0.1, 0.15) is 5.60 Å². The number of hydrogen-bond donors (Lipinski definition) is 1. The second-order valence-corrected chi connectivity index (χ2v) is 13.0. The highest BCUT2D eigenvalue weighted by Gasteiger charge is 2.39. The Labute approximate surface area is 130 Å². The van der Waals surface area contributed by atoms with E-state index in [2.05, 4.69) is 45.3 Å². The molecule has 0 radical (unpaired) electrons. The van der Waals surface area contributed by atoms with E-state index in [0.29, 0.717) is 0 Å². The second-order valence-electron chi connectivity index (χ2n) is 8.29. The van der Waals surface area contributed by atoms with Gasteiger partial charge < -0.3 is 14.5 Å². The van der Waals surface area contributed by atoms with Crippen LogP contribution in [0.25, 0.3) is 0 Å². The molecule has 1 N–H and O–H groups in total. The molecule has 0 spiro atoms. The topological polar surface area (TPSA) is 47.6 Å². The predicted molar refractivity (Wildman–Crippen MR) is 89.0 cm³/mol. The molecule has 0 aromatic rings. The summed E-state index contributed by atoms with van der Waals surface area (Å²) in [7, 11) is -1.77. The molecule has 1 aliphatic rings. The van der Waals surface area contributed by atoms with Gasteiger partial charge in [0.15, 0.2) is 8.32 Å². The van der Waals surface area contributed by atoms with Crippen molar-refractivity contribution < 1.29 is 14.0 Å². The van der Waals surface area contributed by atoms with Crippen LogP contribution in [0.1, 0.15) is 48.0 Å². The van der Waals surface area contributed by atoms with Crippen molar-refractivity contribution in [2.24, 2.45) is 0 Å². The Bertz CT molecular complexity index is 405. The maximum absolute atomic E-state index is 11.8. The van der Waals surface area contributed by atoms with Crippen LogP contribution in [-0.4, -0.2) is 32.2 Å². The van der Waals surface area contributed by atoms with Gasteiger partial charge in [0.05, 0.1) is 12.1 Å². The molecule has 0 aromatic heterocycles. The van der Waals surface area contributed by atoms with E-state index < -0.39 is 13.9 Å². The standard InChI is InChI=1S/C16H31NO3Si/c1-15(2,3)19-14(18)17-12-9-10-13(11-12)20-21(7,8)16(4,5)6/h9-10,12-13H,11H2,1-8H3,(H,17,18)/t12-,13+/m0/s1. The first-order valence-electron chi connectivity index (χ1n) is 7.66. The minimum atomic E-state index is -1.77. The van der Waals surface area contributed by atoms with Gasteiger partial charge in [-0.05, 0) is 45.3 Å². The van der Waals surface area contributed by atoms with Gasteiger partial charge in [0.2, 0.25) is 0 Å². The lowest BCUT2D eigenvalue weighted by atomic mass is 10.2. The Morgan fingerprint density at radius 1 is 1.14 bits per heavy atom. The number of carbonyl (C=O) groups excluding carboxylic acids is 1. The highest BCUT2D eigenvalue weighted by molar-refractivity contribution is 6.74. The van der Waals surface area contributed by atoms with Crippen molar-refractivity contribution >= 4 is 14.4 Å². The van der Waals surface area contributed by atoms with Gasteiger partial charge in [0.25, 0.3) is 0 Å². The monoisotopic (exact) mass is 313 g/mol. The Balaban J connectivity index is 2.48. The molecule has 0 saturated heterocycles. The van der Waals surface area contributed by atoms with E-state index in [4.69, 9.17) is 9.16 Å². The molecule has 4 nitrogen and oxygen atoms in total. The fourth-order valence-corrected chi connectivity index (χ4v) is 3.16. The van der Waals surface area contributed by atoms with E-state index in [-0.39, 0.29) is 23.3 Å². The fraction of sp³-hybridized carbons (Fsp3) is 0.812. The van der Waals surface area contributed by atoms with Gasteiger partial charge in [0, 0.05) is 0 Å². The van der Waals surface area contributed by atoms with Crippen molar-refractivity contribution in [1.29, 1.82) is 0 Å². The number of hydrogen-bond acceptors (Lipinski definition) is 3. The second kappa shape index (κ2) is 6.13. The average molecular weight is 314 g/mol. The summed E-state index contributed by atoms with van der Waals surface area (Å²) < 4.78 is 11.6. The first-order chi connectivity index (χ1) is 9.30. The summed E-state index contributed by atoms with van der Waals surface area (Å²) in [6, 6.07) is -0.00498. The summed E-state index contributed by atoms with van der Waals surface area (Å²) in [6.07, 6.45) is 4.56. The number of amides is 1. The summed E-state index contributed by atoms with van der Waals surface area (Å²) in [5.74, 6) is 0. The van der Waals surface area contributed by atoms with Gasteiger partial charge in [-0.3, -0.25) is 0 Å². The number of carbonyl (C=O) groups is 1. The van der Waals surface area contributed by atoms with Gasteiger partial charge in [-0.15, -0.1) is 0 Å². The van der Waals surface area contributed by atoms with E-state index in [1.165, 1.54) is 0 Å². The maximum Gasteiger partial charge on any atom is 0.408 e. The molecular weight excluding hydrogens is 282 g/mol. The third-order valence-corrected chi connectivity index (χ3v) is 8.50. The number of rotatable bonds is 3. The molecule has 122 valence electrons. The van der Waals surface area contributed by atoms with Crippen molar-refractivity contribution in [3.8, 4) is 0 Å². The van der Waals surface area contributed by atoms with E-state index in [9.17, 15) is 4.79 Å². The summed E-state index contributed by atoms with van der Waals surface area (Å²) in [4.78, 5) is 11.8. The normalized spacial score (nSPS) is 23.2. The summed E-state index contributed by atoms with van der Waals surface area (Å²) in [6.45, 7) is 16.8.